The van der Waals surface area contributed by atoms with Gasteiger partial charge in [0, 0.05) is 28.2 Å². The summed E-state index contributed by atoms with van der Waals surface area (Å²) < 4.78 is 47.0. The number of fused-ring (bicyclic) bond motifs is 4. The highest BCUT2D eigenvalue weighted by molar-refractivity contribution is 8.18. The Balaban J connectivity index is 1.48. The van der Waals surface area contributed by atoms with Gasteiger partial charge in [-0.1, -0.05) is 35.7 Å². The predicted molar refractivity (Wildman–Crippen MR) is 120 cm³/mol. The minimum atomic E-state index is -4.41. The Morgan fingerprint density at radius 2 is 1.97 bits per heavy atom. The Labute approximate surface area is 186 Å². The van der Waals surface area contributed by atoms with E-state index in [0.29, 0.717) is 24.2 Å². The maximum Gasteiger partial charge on any atom is 0.416 e. The first-order valence-electron chi connectivity index (χ1n) is 9.96. The van der Waals surface area contributed by atoms with Crippen molar-refractivity contribution in [2.75, 3.05) is 13.2 Å². The van der Waals surface area contributed by atoms with Crippen LogP contribution in [0.1, 0.15) is 17.5 Å². The molecule has 0 aromatic heterocycles. The Morgan fingerprint density at radius 3 is 2.84 bits per heavy atom. The summed E-state index contributed by atoms with van der Waals surface area (Å²) in [4.78, 5) is 6.51. The molecule has 0 atom stereocenters. The zero-order chi connectivity index (χ0) is 21.2. The quantitative estimate of drug-likeness (QED) is 0.474. The van der Waals surface area contributed by atoms with E-state index >= 15 is 0 Å². The van der Waals surface area contributed by atoms with Gasteiger partial charge in [-0.15, -0.1) is 0 Å². The van der Waals surface area contributed by atoms with Gasteiger partial charge in [-0.25, -0.2) is 0 Å². The number of alkyl halides is 3. The fourth-order valence-electron chi connectivity index (χ4n) is 4.38. The highest BCUT2D eigenvalue weighted by atomic mass is 32.2. The van der Waals surface area contributed by atoms with Gasteiger partial charge in [0.2, 0.25) is 0 Å². The van der Waals surface area contributed by atoms with Crippen LogP contribution in [-0.2, 0) is 6.42 Å². The van der Waals surface area contributed by atoms with E-state index in [0.717, 1.165) is 49.3 Å². The first-order valence-corrected chi connectivity index (χ1v) is 11.7. The molecule has 6 rings (SSSR count). The van der Waals surface area contributed by atoms with Crippen LogP contribution < -0.4 is 4.74 Å². The van der Waals surface area contributed by atoms with Gasteiger partial charge in [-0.05, 0) is 63.6 Å². The molecule has 0 saturated carbocycles. The number of ether oxygens (including phenoxy) is 1. The van der Waals surface area contributed by atoms with E-state index in [2.05, 4.69) is 11.1 Å². The van der Waals surface area contributed by atoms with Crippen LogP contribution in [0.15, 0.2) is 90.6 Å². The van der Waals surface area contributed by atoms with E-state index in [9.17, 15) is 13.2 Å². The molecule has 31 heavy (non-hydrogen) atoms. The van der Waals surface area contributed by atoms with Crippen LogP contribution in [0.3, 0.4) is 0 Å². The lowest BCUT2D eigenvalue weighted by Gasteiger charge is -2.20. The summed E-state index contributed by atoms with van der Waals surface area (Å²) in [5, 5.41) is 2.77. The molecule has 5 aliphatic rings. The van der Waals surface area contributed by atoms with Crippen LogP contribution in [0, 0.1) is 0 Å². The van der Waals surface area contributed by atoms with Gasteiger partial charge in [-0.2, -0.15) is 13.2 Å². The van der Waals surface area contributed by atoms with Crippen LogP contribution in [-0.4, -0.2) is 24.4 Å². The van der Waals surface area contributed by atoms with Gasteiger partial charge in [0.1, 0.15) is 10.8 Å². The zero-order valence-electron chi connectivity index (χ0n) is 16.3. The summed E-state index contributed by atoms with van der Waals surface area (Å²) in [6, 6.07) is 6.05. The summed E-state index contributed by atoms with van der Waals surface area (Å²) >= 11 is 2.99. The molecule has 0 radical (unpaired) electrons. The molecule has 3 heterocycles. The maximum atomic E-state index is 13.8. The van der Waals surface area contributed by atoms with Crippen molar-refractivity contribution >= 4 is 28.6 Å². The lowest BCUT2D eigenvalue weighted by molar-refractivity contribution is -0.0882. The molecular weight excluding hydrogens is 439 g/mol. The Hall–Kier alpha value is -2.38. The zero-order valence-corrected chi connectivity index (χ0v) is 17.9. The minimum Gasteiger partial charge on any atom is -0.493 e. The molecule has 0 unspecified atom stereocenters. The Morgan fingerprint density at radius 1 is 1.06 bits per heavy atom. The van der Waals surface area contributed by atoms with Gasteiger partial charge < -0.3 is 4.74 Å². The predicted octanol–water partition coefficient (Wildman–Crippen LogP) is 6.64. The molecule has 2 aliphatic carbocycles. The summed E-state index contributed by atoms with van der Waals surface area (Å²) in [6.07, 6.45) is 3.68. The smallest absolute Gasteiger partial charge is 0.416 e. The normalized spacial score (nSPS) is 21.9. The first kappa shape index (κ1) is 19.3. The summed E-state index contributed by atoms with van der Waals surface area (Å²) in [7, 11) is 0. The number of thioether (sulfide) groups is 2. The molecule has 7 heteroatoms. The van der Waals surface area contributed by atoms with Crippen molar-refractivity contribution in [2.45, 2.75) is 19.0 Å². The summed E-state index contributed by atoms with van der Waals surface area (Å²) in [5.74, 6) is 0.907. The standard InChI is InChI=1S/C24H16F3NOS2/c25-24(26,27)17-9-16-12-28-23(15-3-4-20-13(8-15)5-6-29-20)31-22(16)18-10-14-2-1-7-30-21(14)19(18)11-17/h1-4,7-9,11H,5-6,10,12H2. The van der Waals surface area contributed by atoms with Crippen LogP contribution in [0.2, 0.25) is 0 Å². The van der Waals surface area contributed by atoms with Gasteiger partial charge in [-0.3, -0.25) is 4.99 Å². The highest BCUT2D eigenvalue weighted by Gasteiger charge is 2.38. The summed E-state index contributed by atoms with van der Waals surface area (Å²) in [6.45, 7) is 0.930. The molecule has 0 saturated heterocycles. The fraction of sp³-hybridized carbons (Fsp3) is 0.208. The molecule has 0 amide bonds. The Bertz CT molecular complexity index is 1240. The monoisotopic (exact) mass is 455 g/mol. The second-order valence-corrected chi connectivity index (χ2v) is 9.69. The van der Waals surface area contributed by atoms with Crippen LogP contribution in [0.4, 0.5) is 13.2 Å². The summed E-state index contributed by atoms with van der Waals surface area (Å²) in [5.41, 5.74) is 4.95. The lowest BCUT2D eigenvalue weighted by atomic mass is 10.1. The van der Waals surface area contributed by atoms with Gasteiger partial charge in [0.05, 0.1) is 18.7 Å². The molecule has 3 aliphatic heterocycles. The second kappa shape index (κ2) is 7.07. The van der Waals surface area contributed by atoms with E-state index in [1.165, 1.54) is 35.7 Å². The molecule has 0 spiro atoms. The number of rotatable bonds is 1. The third-order valence-corrected chi connectivity index (χ3v) is 8.12. The maximum absolute atomic E-state index is 13.8. The molecule has 1 aromatic carbocycles. The molecule has 2 nitrogen and oxygen atoms in total. The van der Waals surface area contributed by atoms with Gasteiger partial charge in [0.15, 0.2) is 0 Å². The topological polar surface area (TPSA) is 21.6 Å². The molecule has 0 bridgehead atoms. The largest absolute Gasteiger partial charge is 0.493 e. The van der Waals surface area contributed by atoms with E-state index in [1.807, 2.05) is 29.7 Å². The average molecular weight is 456 g/mol. The number of halogens is 3. The van der Waals surface area contributed by atoms with Crippen molar-refractivity contribution in [1.82, 2.24) is 0 Å². The van der Waals surface area contributed by atoms with Gasteiger partial charge in [0.25, 0.3) is 0 Å². The molecule has 0 fully saturated rings. The number of benzene rings is 1. The number of aliphatic imine (C=N–C) groups is 1. The van der Waals surface area contributed by atoms with Crippen molar-refractivity contribution in [3.8, 4) is 5.75 Å². The average Bonchev–Trinajstić information content (AvgIpc) is 3.33. The number of allylic oxidation sites excluding steroid dienone is 8. The molecule has 156 valence electrons. The fourth-order valence-corrected chi connectivity index (χ4v) is 6.40. The number of hydrogen-bond donors (Lipinski definition) is 0. The van der Waals surface area contributed by atoms with Crippen molar-refractivity contribution in [3.05, 3.63) is 96.7 Å². The van der Waals surface area contributed by atoms with Gasteiger partial charge >= 0.3 is 6.18 Å². The minimum absolute atomic E-state index is 0.245. The first-order chi connectivity index (χ1) is 15.0. The van der Waals surface area contributed by atoms with Crippen LogP contribution in [0.25, 0.3) is 0 Å². The van der Waals surface area contributed by atoms with Crippen molar-refractivity contribution < 1.29 is 17.9 Å². The molecular formula is C24H16F3NOS2. The van der Waals surface area contributed by atoms with Crippen LogP contribution >= 0.6 is 23.5 Å². The van der Waals surface area contributed by atoms with E-state index in [4.69, 9.17) is 4.74 Å². The van der Waals surface area contributed by atoms with Crippen molar-refractivity contribution in [2.24, 2.45) is 4.99 Å². The van der Waals surface area contributed by atoms with E-state index in [1.54, 1.807) is 0 Å². The SMILES string of the molecule is FC(F)(F)C1=CC2=C3SC=CC=C3CC2=C2SC(c3ccc4c(c3)CCO4)=NCC2=C1. The van der Waals surface area contributed by atoms with Crippen molar-refractivity contribution in [1.29, 1.82) is 0 Å². The van der Waals surface area contributed by atoms with E-state index < -0.39 is 11.7 Å². The van der Waals surface area contributed by atoms with E-state index in [-0.39, 0.29) is 6.54 Å². The lowest BCUT2D eigenvalue weighted by Crippen LogP contribution is -2.12. The molecule has 0 N–H and O–H groups in total. The third-order valence-electron chi connectivity index (χ3n) is 5.84. The third kappa shape index (κ3) is 3.26. The number of hydrogen-bond acceptors (Lipinski definition) is 4. The highest BCUT2D eigenvalue weighted by Crippen LogP contribution is 2.52. The van der Waals surface area contributed by atoms with Crippen molar-refractivity contribution in [3.63, 3.8) is 0 Å². The second-order valence-electron chi connectivity index (χ2n) is 7.78. The van der Waals surface area contributed by atoms with Crippen LogP contribution in [0.5, 0.6) is 5.75 Å². The number of nitrogens with zero attached hydrogens (tertiary/aromatic N) is 1. The Kier molecular flexibility index (Phi) is 4.40. The molecule has 1 aromatic rings.